The first-order chi connectivity index (χ1) is 10.2. The summed E-state index contributed by atoms with van der Waals surface area (Å²) in [6.07, 6.45) is 6.02. The standard InChI is InChI=1S/C17H24N2O2/c1-2-3-4-5-6-11-19(12-10-17(20)21)16-9-7-8-15(13-16)14-18/h7-9,13H,2-6,10-12H2,1H3,(H,20,21). The van der Waals surface area contributed by atoms with E-state index in [1.807, 2.05) is 18.2 Å². The number of carbonyl (C=O) groups is 1. The molecule has 0 aliphatic carbocycles. The van der Waals surface area contributed by atoms with Crippen LogP contribution in [0.5, 0.6) is 0 Å². The summed E-state index contributed by atoms with van der Waals surface area (Å²) in [7, 11) is 0. The molecule has 0 saturated heterocycles. The minimum Gasteiger partial charge on any atom is -0.481 e. The van der Waals surface area contributed by atoms with Crippen molar-refractivity contribution in [2.24, 2.45) is 0 Å². The van der Waals surface area contributed by atoms with Crippen LogP contribution < -0.4 is 4.90 Å². The van der Waals surface area contributed by atoms with Crippen molar-refractivity contribution >= 4 is 11.7 Å². The Bertz CT molecular complexity index is 480. The fourth-order valence-corrected chi connectivity index (χ4v) is 2.28. The maximum Gasteiger partial charge on any atom is 0.305 e. The zero-order valence-corrected chi connectivity index (χ0v) is 12.7. The fraction of sp³-hybridized carbons (Fsp3) is 0.529. The lowest BCUT2D eigenvalue weighted by molar-refractivity contribution is -0.136. The van der Waals surface area contributed by atoms with Gasteiger partial charge in [-0.1, -0.05) is 38.7 Å². The molecule has 1 N–H and O–H groups in total. The summed E-state index contributed by atoms with van der Waals surface area (Å²) in [5.41, 5.74) is 1.55. The Hall–Kier alpha value is -2.02. The van der Waals surface area contributed by atoms with Gasteiger partial charge in [0.25, 0.3) is 0 Å². The molecule has 0 unspecified atom stereocenters. The minimum absolute atomic E-state index is 0.117. The second kappa shape index (κ2) is 9.82. The van der Waals surface area contributed by atoms with Crippen molar-refractivity contribution < 1.29 is 9.90 Å². The lowest BCUT2D eigenvalue weighted by Gasteiger charge is -2.24. The van der Waals surface area contributed by atoms with Crippen LogP contribution >= 0.6 is 0 Å². The number of nitrogens with zero attached hydrogens (tertiary/aromatic N) is 2. The average Bonchev–Trinajstić information content (AvgIpc) is 2.50. The lowest BCUT2D eigenvalue weighted by Crippen LogP contribution is -2.27. The molecule has 1 aromatic rings. The molecule has 0 aliphatic heterocycles. The highest BCUT2D eigenvalue weighted by Crippen LogP contribution is 2.17. The van der Waals surface area contributed by atoms with E-state index in [0.29, 0.717) is 12.1 Å². The van der Waals surface area contributed by atoms with E-state index in [1.165, 1.54) is 19.3 Å². The topological polar surface area (TPSA) is 64.3 Å². The van der Waals surface area contributed by atoms with Gasteiger partial charge < -0.3 is 10.0 Å². The molecule has 21 heavy (non-hydrogen) atoms. The average molecular weight is 288 g/mol. The predicted octanol–water partition coefficient (Wildman–Crippen LogP) is 3.81. The van der Waals surface area contributed by atoms with Gasteiger partial charge in [0.05, 0.1) is 18.1 Å². The van der Waals surface area contributed by atoms with Gasteiger partial charge >= 0.3 is 5.97 Å². The van der Waals surface area contributed by atoms with Crippen LogP contribution in [0.2, 0.25) is 0 Å². The van der Waals surface area contributed by atoms with Crippen molar-refractivity contribution in [3.8, 4) is 6.07 Å². The summed E-state index contributed by atoms with van der Waals surface area (Å²) in [6.45, 7) is 3.51. The van der Waals surface area contributed by atoms with Crippen molar-refractivity contribution in [2.75, 3.05) is 18.0 Å². The monoisotopic (exact) mass is 288 g/mol. The molecule has 4 nitrogen and oxygen atoms in total. The first-order valence-electron chi connectivity index (χ1n) is 7.64. The molecular formula is C17H24N2O2. The highest BCUT2D eigenvalue weighted by molar-refractivity contribution is 5.67. The Labute approximate surface area is 127 Å². The summed E-state index contributed by atoms with van der Waals surface area (Å²) in [5.74, 6) is -0.789. The van der Waals surface area contributed by atoms with Crippen molar-refractivity contribution in [3.05, 3.63) is 29.8 Å². The van der Waals surface area contributed by atoms with Crippen molar-refractivity contribution in [1.29, 1.82) is 5.26 Å². The summed E-state index contributed by atoms with van der Waals surface area (Å²) < 4.78 is 0. The molecule has 4 heteroatoms. The molecule has 0 bridgehead atoms. The first kappa shape index (κ1) is 17.0. The van der Waals surface area contributed by atoms with Crippen molar-refractivity contribution in [3.63, 3.8) is 0 Å². The lowest BCUT2D eigenvalue weighted by atomic mass is 10.1. The molecule has 0 saturated carbocycles. The van der Waals surface area contributed by atoms with Gasteiger partial charge in [-0.2, -0.15) is 5.26 Å². The quantitative estimate of drug-likeness (QED) is 0.665. The van der Waals surface area contributed by atoms with E-state index in [9.17, 15) is 4.79 Å². The van der Waals surface area contributed by atoms with Gasteiger partial charge in [-0.15, -0.1) is 0 Å². The van der Waals surface area contributed by atoms with Gasteiger partial charge in [0, 0.05) is 18.8 Å². The van der Waals surface area contributed by atoms with E-state index >= 15 is 0 Å². The molecule has 0 aromatic heterocycles. The number of hydrogen-bond donors (Lipinski definition) is 1. The highest BCUT2D eigenvalue weighted by atomic mass is 16.4. The van der Waals surface area contributed by atoms with Gasteiger partial charge in [0.1, 0.15) is 0 Å². The summed E-state index contributed by atoms with van der Waals surface area (Å²) >= 11 is 0. The van der Waals surface area contributed by atoms with Gasteiger partial charge in [0.15, 0.2) is 0 Å². The van der Waals surface area contributed by atoms with E-state index in [1.54, 1.807) is 6.07 Å². The molecule has 0 atom stereocenters. The number of carboxylic acids is 1. The zero-order valence-electron chi connectivity index (χ0n) is 12.7. The number of unbranched alkanes of at least 4 members (excludes halogenated alkanes) is 4. The molecule has 0 heterocycles. The maximum atomic E-state index is 10.8. The van der Waals surface area contributed by atoms with Crippen molar-refractivity contribution in [2.45, 2.75) is 45.4 Å². The summed E-state index contributed by atoms with van der Waals surface area (Å²) in [4.78, 5) is 12.9. The third-order valence-corrected chi connectivity index (χ3v) is 3.47. The van der Waals surface area contributed by atoms with Gasteiger partial charge in [-0.25, -0.2) is 0 Å². The molecule has 1 aromatic carbocycles. The fourth-order valence-electron chi connectivity index (χ4n) is 2.28. The maximum absolute atomic E-state index is 10.8. The second-order valence-corrected chi connectivity index (χ2v) is 5.21. The van der Waals surface area contributed by atoms with Crippen LogP contribution in [0, 0.1) is 11.3 Å². The number of anilines is 1. The molecular weight excluding hydrogens is 264 g/mol. The molecule has 0 spiro atoms. The number of benzene rings is 1. The van der Waals surface area contributed by atoms with E-state index in [-0.39, 0.29) is 6.42 Å². The summed E-state index contributed by atoms with van der Waals surface area (Å²) in [6, 6.07) is 9.50. The number of nitriles is 1. The van der Waals surface area contributed by atoms with Crippen LogP contribution in [-0.4, -0.2) is 24.2 Å². The second-order valence-electron chi connectivity index (χ2n) is 5.21. The molecule has 1 rings (SSSR count). The Balaban J connectivity index is 2.62. The molecule has 0 amide bonds. The van der Waals surface area contributed by atoms with E-state index in [0.717, 1.165) is 25.1 Å². The Morgan fingerprint density at radius 2 is 2.00 bits per heavy atom. The van der Waals surface area contributed by atoms with Crippen molar-refractivity contribution in [1.82, 2.24) is 0 Å². The van der Waals surface area contributed by atoms with Crippen LogP contribution in [-0.2, 0) is 4.79 Å². The number of hydrogen-bond acceptors (Lipinski definition) is 3. The largest absolute Gasteiger partial charge is 0.481 e. The van der Waals surface area contributed by atoms with Gasteiger partial charge in [-0.05, 0) is 24.6 Å². The number of carboxylic acid groups (broad SMARTS) is 1. The predicted molar refractivity (Wildman–Crippen MR) is 84.4 cm³/mol. The van der Waals surface area contributed by atoms with Crippen LogP contribution in [0.15, 0.2) is 24.3 Å². The first-order valence-corrected chi connectivity index (χ1v) is 7.64. The van der Waals surface area contributed by atoms with Crippen LogP contribution in [0.3, 0.4) is 0 Å². The molecule has 0 aliphatic rings. The van der Waals surface area contributed by atoms with Gasteiger partial charge in [-0.3, -0.25) is 4.79 Å². The Morgan fingerprint density at radius 3 is 2.67 bits per heavy atom. The van der Waals surface area contributed by atoms with E-state index in [2.05, 4.69) is 17.9 Å². The summed E-state index contributed by atoms with van der Waals surface area (Å²) in [5, 5.41) is 17.8. The zero-order chi connectivity index (χ0) is 15.5. The van der Waals surface area contributed by atoms with Gasteiger partial charge in [0.2, 0.25) is 0 Å². The Morgan fingerprint density at radius 1 is 1.24 bits per heavy atom. The number of rotatable bonds is 10. The highest BCUT2D eigenvalue weighted by Gasteiger charge is 2.09. The molecule has 114 valence electrons. The van der Waals surface area contributed by atoms with E-state index < -0.39 is 5.97 Å². The molecule has 0 fully saturated rings. The number of aliphatic carboxylic acids is 1. The minimum atomic E-state index is -0.789. The van der Waals surface area contributed by atoms with E-state index in [4.69, 9.17) is 10.4 Å². The molecule has 0 radical (unpaired) electrons. The van der Waals surface area contributed by atoms with Crippen LogP contribution in [0.25, 0.3) is 0 Å². The van der Waals surface area contributed by atoms with Crippen LogP contribution in [0.1, 0.15) is 51.0 Å². The SMILES string of the molecule is CCCCCCCN(CCC(=O)O)c1cccc(C#N)c1. The van der Waals surface area contributed by atoms with Crippen LogP contribution in [0.4, 0.5) is 5.69 Å². The third kappa shape index (κ3) is 6.80. The normalized spacial score (nSPS) is 10.1. The third-order valence-electron chi connectivity index (χ3n) is 3.47. The Kier molecular flexibility index (Phi) is 7.96. The smallest absolute Gasteiger partial charge is 0.305 e.